The molecule has 0 aromatic heterocycles. The van der Waals surface area contributed by atoms with E-state index in [-0.39, 0.29) is 5.60 Å². The molecule has 0 heterocycles. The number of unbranched alkanes of at least 4 members (excludes halogenated alkanes) is 2. The first-order chi connectivity index (χ1) is 6.06. The Labute approximate surface area is 80.4 Å². The van der Waals surface area contributed by atoms with E-state index in [1.54, 1.807) is 0 Å². The summed E-state index contributed by atoms with van der Waals surface area (Å²) >= 11 is 0. The van der Waals surface area contributed by atoms with Crippen LogP contribution in [0.3, 0.4) is 0 Å². The van der Waals surface area contributed by atoms with Crippen LogP contribution in [0.2, 0.25) is 0 Å². The van der Waals surface area contributed by atoms with E-state index in [1.807, 2.05) is 20.8 Å². The van der Waals surface area contributed by atoms with Gasteiger partial charge in [0, 0.05) is 6.61 Å². The second-order valence-electron chi connectivity index (χ2n) is 3.99. The van der Waals surface area contributed by atoms with Gasteiger partial charge >= 0.3 is 0 Å². The molecule has 0 saturated carbocycles. The first-order valence-corrected chi connectivity index (χ1v) is 4.75. The molecule has 0 spiro atoms. The Morgan fingerprint density at radius 1 is 1.08 bits per heavy atom. The van der Waals surface area contributed by atoms with E-state index in [0.717, 1.165) is 25.9 Å². The van der Waals surface area contributed by atoms with Crippen molar-refractivity contribution in [3.05, 3.63) is 0 Å². The highest BCUT2D eigenvalue weighted by molar-refractivity contribution is 5.36. The van der Waals surface area contributed by atoms with Crippen molar-refractivity contribution in [3.8, 4) is 0 Å². The molecule has 0 radical (unpaired) electrons. The van der Waals surface area contributed by atoms with Gasteiger partial charge in [-0.15, -0.1) is 0 Å². The van der Waals surface area contributed by atoms with E-state index in [2.05, 4.69) is 4.74 Å². The number of hydrogen-bond acceptors (Lipinski definition) is 3. The average molecular weight is 188 g/mol. The highest BCUT2D eigenvalue weighted by Gasteiger charge is 2.08. The van der Waals surface area contributed by atoms with Gasteiger partial charge in [0.25, 0.3) is 6.47 Å². The Morgan fingerprint density at radius 3 is 2.23 bits per heavy atom. The topological polar surface area (TPSA) is 35.5 Å². The summed E-state index contributed by atoms with van der Waals surface area (Å²) in [5.41, 5.74) is -0.0424. The van der Waals surface area contributed by atoms with Crippen LogP contribution in [0.15, 0.2) is 0 Å². The van der Waals surface area contributed by atoms with Gasteiger partial charge in [-0.05, 0) is 40.0 Å². The average Bonchev–Trinajstić information content (AvgIpc) is 2.01. The van der Waals surface area contributed by atoms with E-state index in [1.165, 1.54) is 0 Å². The number of ether oxygens (including phenoxy) is 2. The summed E-state index contributed by atoms with van der Waals surface area (Å²) in [7, 11) is 0. The molecule has 0 bridgehead atoms. The van der Waals surface area contributed by atoms with Crippen molar-refractivity contribution in [2.75, 3.05) is 13.2 Å². The van der Waals surface area contributed by atoms with E-state index in [9.17, 15) is 4.79 Å². The van der Waals surface area contributed by atoms with Gasteiger partial charge in [-0.25, -0.2) is 0 Å². The quantitative estimate of drug-likeness (QED) is 0.453. The van der Waals surface area contributed by atoms with Gasteiger partial charge in [0.1, 0.15) is 0 Å². The lowest BCUT2D eigenvalue weighted by molar-refractivity contribution is -0.128. The Kier molecular flexibility index (Phi) is 6.59. The maximum atomic E-state index is 9.78. The van der Waals surface area contributed by atoms with Gasteiger partial charge in [-0.3, -0.25) is 4.79 Å². The SMILES string of the molecule is CC(C)(C)OCCCCCOC=O. The summed E-state index contributed by atoms with van der Waals surface area (Å²) in [4.78, 5) is 9.78. The molecule has 13 heavy (non-hydrogen) atoms. The van der Waals surface area contributed by atoms with E-state index in [0.29, 0.717) is 13.1 Å². The van der Waals surface area contributed by atoms with Gasteiger partial charge in [0.2, 0.25) is 0 Å². The fraction of sp³-hybridized carbons (Fsp3) is 0.900. The second-order valence-corrected chi connectivity index (χ2v) is 3.99. The van der Waals surface area contributed by atoms with E-state index < -0.39 is 0 Å². The van der Waals surface area contributed by atoms with Crippen LogP contribution in [0.5, 0.6) is 0 Å². The normalized spacial score (nSPS) is 11.3. The Hall–Kier alpha value is -0.570. The monoisotopic (exact) mass is 188 g/mol. The Morgan fingerprint density at radius 2 is 1.69 bits per heavy atom. The summed E-state index contributed by atoms with van der Waals surface area (Å²) in [5.74, 6) is 0. The van der Waals surface area contributed by atoms with Gasteiger partial charge in [0.05, 0.1) is 12.2 Å². The van der Waals surface area contributed by atoms with Crippen LogP contribution in [0, 0.1) is 0 Å². The predicted molar refractivity (Wildman–Crippen MR) is 51.6 cm³/mol. The maximum Gasteiger partial charge on any atom is 0.293 e. The number of carbonyl (C=O) groups excluding carboxylic acids is 1. The third kappa shape index (κ3) is 11.4. The molecule has 0 rings (SSSR count). The molecule has 0 saturated heterocycles. The van der Waals surface area contributed by atoms with Gasteiger partial charge < -0.3 is 9.47 Å². The zero-order valence-corrected chi connectivity index (χ0v) is 8.84. The molecule has 3 nitrogen and oxygen atoms in total. The van der Waals surface area contributed by atoms with Crippen molar-refractivity contribution < 1.29 is 14.3 Å². The lowest BCUT2D eigenvalue weighted by Crippen LogP contribution is -2.19. The van der Waals surface area contributed by atoms with Crippen LogP contribution in [-0.2, 0) is 14.3 Å². The summed E-state index contributed by atoms with van der Waals surface area (Å²) in [5, 5.41) is 0. The molecule has 0 unspecified atom stereocenters. The molecule has 78 valence electrons. The molecular weight excluding hydrogens is 168 g/mol. The van der Waals surface area contributed by atoms with Gasteiger partial charge in [-0.1, -0.05) is 0 Å². The highest BCUT2D eigenvalue weighted by atomic mass is 16.5. The Bertz CT molecular complexity index is 127. The third-order valence-electron chi connectivity index (χ3n) is 1.51. The smallest absolute Gasteiger partial charge is 0.293 e. The van der Waals surface area contributed by atoms with Crippen LogP contribution in [0.25, 0.3) is 0 Å². The first-order valence-electron chi connectivity index (χ1n) is 4.75. The van der Waals surface area contributed by atoms with Crippen LogP contribution in [0.1, 0.15) is 40.0 Å². The van der Waals surface area contributed by atoms with Crippen molar-refractivity contribution in [3.63, 3.8) is 0 Å². The summed E-state index contributed by atoms with van der Waals surface area (Å²) in [6, 6.07) is 0. The van der Waals surface area contributed by atoms with Crippen LogP contribution in [-0.4, -0.2) is 25.3 Å². The van der Waals surface area contributed by atoms with Gasteiger partial charge in [0.15, 0.2) is 0 Å². The minimum atomic E-state index is -0.0424. The maximum absolute atomic E-state index is 9.78. The minimum Gasteiger partial charge on any atom is -0.468 e. The lowest BCUT2D eigenvalue weighted by Gasteiger charge is -2.19. The molecule has 0 aromatic carbocycles. The number of hydrogen-bond donors (Lipinski definition) is 0. The molecule has 0 fully saturated rings. The van der Waals surface area contributed by atoms with Crippen LogP contribution in [0.4, 0.5) is 0 Å². The largest absolute Gasteiger partial charge is 0.468 e. The summed E-state index contributed by atoms with van der Waals surface area (Å²) in [6.45, 7) is 7.93. The summed E-state index contributed by atoms with van der Waals surface area (Å²) < 4.78 is 10.1. The molecule has 0 aliphatic rings. The van der Waals surface area contributed by atoms with Crippen molar-refractivity contribution in [1.82, 2.24) is 0 Å². The number of rotatable bonds is 7. The van der Waals surface area contributed by atoms with Crippen molar-refractivity contribution >= 4 is 6.47 Å². The molecule has 0 N–H and O–H groups in total. The molecule has 0 atom stereocenters. The Balaban J connectivity index is 3.04. The molecule has 0 aromatic rings. The van der Waals surface area contributed by atoms with Crippen molar-refractivity contribution in [2.45, 2.75) is 45.6 Å². The molecule has 0 amide bonds. The van der Waals surface area contributed by atoms with Crippen molar-refractivity contribution in [2.24, 2.45) is 0 Å². The predicted octanol–water partition coefficient (Wildman–Crippen LogP) is 2.14. The zero-order valence-electron chi connectivity index (χ0n) is 8.84. The molecule has 0 aliphatic carbocycles. The van der Waals surface area contributed by atoms with Crippen LogP contribution < -0.4 is 0 Å². The van der Waals surface area contributed by atoms with E-state index in [4.69, 9.17) is 4.74 Å². The highest BCUT2D eigenvalue weighted by Crippen LogP contribution is 2.08. The number of carbonyl (C=O) groups is 1. The standard InChI is InChI=1S/C10H20O3/c1-10(2,3)13-8-6-4-5-7-12-9-11/h9H,4-8H2,1-3H3. The van der Waals surface area contributed by atoms with Gasteiger partial charge in [-0.2, -0.15) is 0 Å². The third-order valence-corrected chi connectivity index (χ3v) is 1.51. The first kappa shape index (κ1) is 12.4. The second kappa shape index (κ2) is 6.89. The molecule has 0 aliphatic heterocycles. The zero-order chi connectivity index (χ0) is 10.2. The van der Waals surface area contributed by atoms with Crippen molar-refractivity contribution in [1.29, 1.82) is 0 Å². The fourth-order valence-corrected chi connectivity index (χ4v) is 0.891. The lowest BCUT2D eigenvalue weighted by atomic mass is 10.2. The van der Waals surface area contributed by atoms with E-state index >= 15 is 0 Å². The summed E-state index contributed by atoms with van der Waals surface area (Å²) in [6.07, 6.45) is 3.00. The van der Waals surface area contributed by atoms with Crippen LogP contribution >= 0.6 is 0 Å². The minimum absolute atomic E-state index is 0.0424. The molecule has 3 heteroatoms. The fourth-order valence-electron chi connectivity index (χ4n) is 0.891. The molecular formula is C10H20O3.